The molecule has 3 rings (SSSR count). The lowest BCUT2D eigenvalue weighted by Crippen LogP contribution is -2.33. The van der Waals surface area contributed by atoms with Gasteiger partial charge in [0.05, 0.1) is 11.4 Å². The highest BCUT2D eigenvalue weighted by Gasteiger charge is 2.27. The van der Waals surface area contributed by atoms with E-state index in [0.717, 1.165) is 48.0 Å². The second kappa shape index (κ2) is 7.59. The molecule has 3 heterocycles. The Balaban J connectivity index is 1.71. The number of nitrogens with one attached hydrogen (secondary N) is 1. The maximum absolute atomic E-state index is 12.3. The highest BCUT2D eigenvalue weighted by Crippen LogP contribution is 2.24. The van der Waals surface area contributed by atoms with Crippen LogP contribution >= 0.6 is 0 Å². The number of rotatable bonds is 5. The normalized spacial score (nSPS) is 16.8. The van der Waals surface area contributed by atoms with Gasteiger partial charge in [-0.3, -0.25) is 9.48 Å². The Bertz CT molecular complexity index is 844. The van der Waals surface area contributed by atoms with Crippen molar-refractivity contribution >= 4 is 11.7 Å². The molecular formula is C18H28N8O. The van der Waals surface area contributed by atoms with Crippen molar-refractivity contribution in [2.45, 2.75) is 39.8 Å². The highest BCUT2D eigenvalue weighted by molar-refractivity contribution is 5.90. The minimum absolute atomic E-state index is 0.175. The van der Waals surface area contributed by atoms with Crippen LogP contribution in [0.2, 0.25) is 0 Å². The molecule has 0 aliphatic carbocycles. The fourth-order valence-corrected chi connectivity index (χ4v) is 3.19. The van der Waals surface area contributed by atoms with E-state index in [-0.39, 0.29) is 11.7 Å². The monoisotopic (exact) mass is 372 g/mol. The average molecular weight is 372 g/mol. The second-order valence-corrected chi connectivity index (χ2v) is 7.34. The first kappa shape index (κ1) is 19.2. The molecular weight excluding hydrogens is 344 g/mol. The molecule has 9 heteroatoms. The van der Waals surface area contributed by atoms with Crippen molar-refractivity contribution in [3.8, 4) is 0 Å². The van der Waals surface area contributed by atoms with Crippen molar-refractivity contribution in [2.24, 2.45) is 7.05 Å². The number of hydrogen-bond acceptors (Lipinski definition) is 7. The van der Waals surface area contributed by atoms with Gasteiger partial charge in [-0.2, -0.15) is 0 Å². The van der Waals surface area contributed by atoms with Crippen molar-refractivity contribution < 1.29 is 4.79 Å². The third-order valence-electron chi connectivity index (χ3n) is 5.21. The minimum atomic E-state index is -0.175. The molecule has 0 spiro atoms. The molecule has 2 aromatic heterocycles. The molecule has 0 saturated carbocycles. The number of carbonyl (C=O) groups excluding carboxylic acids is 1. The summed E-state index contributed by atoms with van der Waals surface area (Å²) >= 11 is 0. The third kappa shape index (κ3) is 3.92. The molecule has 0 bridgehead atoms. The van der Waals surface area contributed by atoms with Gasteiger partial charge >= 0.3 is 0 Å². The zero-order chi connectivity index (χ0) is 19.7. The summed E-state index contributed by atoms with van der Waals surface area (Å²) in [7, 11) is 5.33. The van der Waals surface area contributed by atoms with E-state index in [1.54, 1.807) is 18.8 Å². The van der Waals surface area contributed by atoms with Gasteiger partial charge in [0.15, 0.2) is 0 Å². The molecule has 0 unspecified atom stereocenters. The first-order valence-corrected chi connectivity index (χ1v) is 9.18. The van der Waals surface area contributed by atoms with E-state index >= 15 is 0 Å². The SMILES string of the molecule is Cc1nc(C(=O)N(C)C)nc(N2CC[C@@H](NCc3nnn(C)c3C)C2)c1C. The summed E-state index contributed by atoms with van der Waals surface area (Å²) in [6.45, 7) is 8.39. The minimum Gasteiger partial charge on any atom is -0.355 e. The van der Waals surface area contributed by atoms with E-state index < -0.39 is 0 Å². The number of hydrogen-bond donors (Lipinski definition) is 1. The Hall–Kier alpha value is -2.55. The molecule has 0 aromatic carbocycles. The summed E-state index contributed by atoms with van der Waals surface area (Å²) in [4.78, 5) is 25.0. The van der Waals surface area contributed by atoms with E-state index in [1.807, 2.05) is 27.8 Å². The highest BCUT2D eigenvalue weighted by atomic mass is 16.2. The van der Waals surface area contributed by atoms with Crippen LogP contribution in [0.4, 0.5) is 5.82 Å². The average Bonchev–Trinajstić information content (AvgIpc) is 3.22. The van der Waals surface area contributed by atoms with Crippen molar-refractivity contribution in [3.63, 3.8) is 0 Å². The number of nitrogens with zero attached hydrogens (tertiary/aromatic N) is 7. The number of carbonyl (C=O) groups is 1. The Morgan fingerprint density at radius 1 is 1.26 bits per heavy atom. The first-order chi connectivity index (χ1) is 12.8. The van der Waals surface area contributed by atoms with E-state index in [9.17, 15) is 4.79 Å². The molecule has 1 fully saturated rings. The van der Waals surface area contributed by atoms with Crippen LogP contribution in [0, 0.1) is 20.8 Å². The molecule has 1 atom stereocenters. The first-order valence-electron chi connectivity index (χ1n) is 9.18. The topological polar surface area (TPSA) is 92.1 Å². The fourth-order valence-electron chi connectivity index (χ4n) is 3.19. The van der Waals surface area contributed by atoms with E-state index in [1.165, 1.54) is 4.90 Å². The standard InChI is InChI=1S/C18H28N8O/c1-11-12(2)20-16(18(27)24(4)5)21-17(11)26-8-7-14(10-26)19-9-15-13(3)25(6)23-22-15/h14,19H,7-10H2,1-6H3/t14-/m1/s1. The number of amides is 1. The third-order valence-corrected chi connectivity index (χ3v) is 5.21. The zero-order valence-corrected chi connectivity index (χ0v) is 16.9. The number of anilines is 1. The summed E-state index contributed by atoms with van der Waals surface area (Å²) in [5.41, 5.74) is 3.92. The van der Waals surface area contributed by atoms with Gasteiger partial charge in [-0.1, -0.05) is 5.21 Å². The predicted molar refractivity (Wildman–Crippen MR) is 103 cm³/mol. The van der Waals surface area contributed by atoms with Crippen LogP contribution in [-0.4, -0.2) is 69.0 Å². The molecule has 27 heavy (non-hydrogen) atoms. The molecule has 1 amide bonds. The van der Waals surface area contributed by atoms with Crippen LogP contribution in [0.3, 0.4) is 0 Å². The fraction of sp³-hybridized carbons (Fsp3) is 0.611. The molecule has 2 aromatic rings. The van der Waals surface area contributed by atoms with Crippen LogP contribution in [0.15, 0.2) is 0 Å². The molecule has 0 radical (unpaired) electrons. The summed E-state index contributed by atoms with van der Waals surface area (Å²) in [5, 5.41) is 11.8. The molecule has 1 N–H and O–H groups in total. The Morgan fingerprint density at radius 3 is 2.63 bits per heavy atom. The summed E-state index contributed by atoms with van der Waals surface area (Å²) in [6, 6.07) is 0.342. The Kier molecular flexibility index (Phi) is 5.41. The zero-order valence-electron chi connectivity index (χ0n) is 16.9. The van der Waals surface area contributed by atoms with Gasteiger partial charge < -0.3 is 15.1 Å². The van der Waals surface area contributed by atoms with Crippen molar-refractivity contribution in [3.05, 3.63) is 28.5 Å². The lowest BCUT2D eigenvalue weighted by molar-refractivity contribution is 0.0815. The van der Waals surface area contributed by atoms with Gasteiger partial charge in [0.25, 0.3) is 5.91 Å². The molecule has 1 aliphatic heterocycles. The summed E-state index contributed by atoms with van der Waals surface area (Å²) < 4.78 is 1.79. The van der Waals surface area contributed by atoms with E-state index in [2.05, 4.69) is 30.5 Å². The summed E-state index contributed by atoms with van der Waals surface area (Å²) in [5.74, 6) is 0.934. The van der Waals surface area contributed by atoms with Gasteiger partial charge in [-0.05, 0) is 27.2 Å². The van der Waals surface area contributed by atoms with Crippen LogP contribution in [0.25, 0.3) is 0 Å². The van der Waals surface area contributed by atoms with Crippen molar-refractivity contribution in [1.29, 1.82) is 0 Å². The van der Waals surface area contributed by atoms with Crippen LogP contribution in [-0.2, 0) is 13.6 Å². The Morgan fingerprint density at radius 2 is 2.00 bits per heavy atom. The van der Waals surface area contributed by atoms with Crippen LogP contribution in [0.5, 0.6) is 0 Å². The smallest absolute Gasteiger partial charge is 0.291 e. The van der Waals surface area contributed by atoms with Gasteiger partial charge in [-0.25, -0.2) is 9.97 Å². The van der Waals surface area contributed by atoms with E-state index in [4.69, 9.17) is 0 Å². The molecule has 9 nitrogen and oxygen atoms in total. The van der Waals surface area contributed by atoms with Crippen molar-refractivity contribution in [2.75, 3.05) is 32.1 Å². The molecule has 146 valence electrons. The predicted octanol–water partition coefficient (Wildman–Crippen LogP) is 0.601. The Labute approximate surface area is 159 Å². The van der Waals surface area contributed by atoms with E-state index in [0.29, 0.717) is 12.6 Å². The van der Waals surface area contributed by atoms with Gasteiger partial charge in [0, 0.05) is 58.1 Å². The van der Waals surface area contributed by atoms with Crippen molar-refractivity contribution in [1.82, 2.24) is 35.2 Å². The van der Waals surface area contributed by atoms with Crippen LogP contribution < -0.4 is 10.2 Å². The van der Waals surface area contributed by atoms with Gasteiger partial charge in [0.2, 0.25) is 5.82 Å². The molecule has 1 aliphatic rings. The van der Waals surface area contributed by atoms with Crippen LogP contribution in [0.1, 0.15) is 39.7 Å². The maximum Gasteiger partial charge on any atom is 0.291 e. The number of aryl methyl sites for hydroxylation is 2. The quantitative estimate of drug-likeness (QED) is 0.822. The lowest BCUT2D eigenvalue weighted by atomic mass is 10.2. The lowest BCUT2D eigenvalue weighted by Gasteiger charge is -2.22. The molecule has 1 saturated heterocycles. The largest absolute Gasteiger partial charge is 0.355 e. The maximum atomic E-state index is 12.3. The summed E-state index contributed by atoms with van der Waals surface area (Å²) in [6.07, 6.45) is 1.01. The second-order valence-electron chi connectivity index (χ2n) is 7.34. The van der Waals surface area contributed by atoms with Gasteiger partial charge in [-0.15, -0.1) is 5.10 Å². The van der Waals surface area contributed by atoms with Gasteiger partial charge in [0.1, 0.15) is 5.82 Å². The number of aromatic nitrogens is 5.